The number of nitrogens with one attached hydrogen (secondary N) is 2. The Bertz CT molecular complexity index is 719. The third-order valence-corrected chi connectivity index (χ3v) is 3.32. The highest BCUT2D eigenvalue weighted by Gasteiger charge is 2.28. The average Bonchev–Trinajstić information content (AvgIpc) is 3.18. The fourth-order valence-electron chi connectivity index (χ4n) is 2.04. The minimum Gasteiger partial charge on any atom is -0.478 e. The fourth-order valence-corrected chi connectivity index (χ4v) is 2.04. The van der Waals surface area contributed by atoms with Crippen LogP contribution in [0.15, 0.2) is 18.2 Å². The molecule has 0 atom stereocenters. The van der Waals surface area contributed by atoms with Crippen LogP contribution in [0, 0.1) is 6.92 Å². The van der Waals surface area contributed by atoms with E-state index in [0.29, 0.717) is 11.7 Å². The van der Waals surface area contributed by atoms with Crippen LogP contribution < -0.4 is 5.32 Å². The van der Waals surface area contributed by atoms with Gasteiger partial charge in [0.1, 0.15) is 5.82 Å². The first kappa shape index (κ1) is 13.3. The molecule has 0 saturated heterocycles. The van der Waals surface area contributed by atoms with Crippen LogP contribution in [0.4, 0.5) is 5.69 Å². The van der Waals surface area contributed by atoms with Gasteiger partial charge in [-0.15, -0.1) is 5.10 Å². The molecule has 21 heavy (non-hydrogen) atoms. The molecule has 1 aliphatic rings. The van der Waals surface area contributed by atoms with Crippen LogP contribution in [0.1, 0.15) is 51.1 Å². The zero-order valence-corrected chi connectivity index (χ0v) is 11.4. The first-order chi connectivity index (χ1) is 10.0. The van der Waals surface area contributed by atoms with E-state index in [9.17, 15) is 9.59 Å². The molecule has 1 amide bonds. The molecule has 1 heterocycles. The summed E-state index contributed by atoms with van der Waals surface area (Å²) in [5.41, 5.74) is 1.08. The van der Waals surface area contributed by atoms with Crippen molar-refractivity contribution in [1.82, 2.24) is 15.2 Å². The standard InChI is InChI=1S/C14H14N4O3/c1-7-2-5-10(9(6-7)14(20)21)15-13(19)12-16-11(17-18-12)8-3-4-8/h2,5-6,8H,3-4H2,1H3,(H,15,19)(H,20,21)(H,16,17,18). The van der Waals surface area contributed by atoms with Crippen molar-refractivity contribution < 1.29 is 14.7 Å². The number of carbonyl (C=O) groups excluding carboxylic acids is 1. The quantitative estimate of drug-likeness (QED) is 0.796. The highest BCUT2D eigenvalue weighted by atomic mass is 16.4. The van der Waals surface area contributed by atoms with Gasteiger partial charge in [0.15, 0.2) is 0 Å². The summed E-state index contributed by atoms with van der Waals surface area (Å²) >= 11 is 0. The van der Waals surface area contributed by atoms with Crippen molar-refractivity contribution in [2.75, 3.05) is 5.32 Å². The van der Waals surface area contributed by atoms with Gasteiger partial charge in [-0.25, -0.2) is 9.78 Å². The molecule has 1 saturated carbocycles. The maximum absolute atomic E-state index is 12.1. The number of aromatic carboxylic acids is 1. The maximum Gasteiger partial charge on any atom is 0.337 e. The average molecular weight is 286 g/mol. The van der Waals surface area contributed by atoms with E-state index < -0.39 is 11.9 Å². The van der Waals surface area contributed by atoms with Crippen LogP contribution >= 0.6 is 0 Å². The van der Waals surface area contributed by atoms with Gasteiger partial charge < -0.3 is 10.4 Å². The second-order valence-electron chi connectivity index (χ2n) is 5.13. The van der Waals surface area contributed by atoms with Crippen molar-refractivity contribution in [3.8, 4) is 0 Å². The molecule has 7 heteroatoms. The van der Waals surface area contributed by atoms with Crippen LogP contribution in [0.5, 0.6) is 0 Å². The Morgan fingerprint density at radius 1 is 1.38 bits per heavy atom. The van der Waals surface area contributed by atoms with Gasteiger partial charge in [0, 0.05) is 5.92 Å². The third kappa shape index (κ3) is 2.76. The van der Waals surface area contributed by atoms with Crippen molar-refractivity contribution in [3.05, 3.63) is 41.0 Å². The van der Waals surface area contributed by atoms with E-state index in [2.05, 4.69) is 20.5 Å². The second kappa shape index (κ2) is 5.01. The molecule has 0 unspecified atom stereocenters. The van der Waals surface area contributed by atoms with Crippen molar-refractivity contribution in [1.29, 1.82) is 0 Å². The number of hydrogen-bond acceptors (Lipinski definition) is 4. The molecule has 3 rings (SSSR count). The molecule has 1 fully saturated rings. The highest BCUT2D eigenvalue weighted by Crippen LogP contribution is 2.37. The molecule has 1 aliphatic carbocycles. The van der Waals surface area contributed by atoms with Crippen molar-refractivity contribution in [2.24, 2.45) is 0 Å². The van der Waals surface area contributed by atoms with Gasteiger partial charge in [-0.05, 0) is 31.9 Å². The summed E-state index contributed by atoms with van der Waals surface area (Å²) in [6.07, 6.45) is 2.11. The van der Waals surface area contributed by atoms with Gasteiger partial charge >= 0.3 is 5.97 Å². The smallest absolute Gasteiger partial charge is 0.337 e. The molecule has 7 nitrogen and oxygen atoms in total. The van der Waals surface area contributed by atoms with Gasteiger partial charge in [0.2, 0.25) is 5.82 Å². The number of aromatic nitrogens is 3. The Kier molecular flexibility index (Phi) is 3.17. The van der Waals surface area contributed by atoms with Gasteiger partial charge in [0.05, 0.1) is 11.3 Å². The van der Waals surface area contributed by atoms with E-state index in [0.717, 1.165) is 18.4 Å². The summed E-state index contributed by atoms with van der Waals surface area (Å²) < 4.78 is 0. The highest BCUT2D eigenvalue weighted by molar-refractivity contribution is 6.05. The normalized spacial score (nSPS) is 14.0. The number of aryl methyl sites for hydroxylation is 1. The Morgan fingerprint density at radius 3 is 2.81 bits per heavy atom. The number of H-pyrrole nitrogens is 1. The third-order valence-electron chi connectivity index (χ3n) is 3.32. The van der Waals surface area contributed by atoms with E-state index >= 15 is 0 Å². The summed E-state index contributed by atoms with van der Waals surface area (Å²) in [6, 6.07) is 4.80. The molecule has 0 aliphatic heterocycles. The zero-order valence-electron chi connectivity index (χ0n) is 11.4. The van der Waals surface area contributed by atoms with Crippen LogP contribution in [-0.4, -0.2) is 32.2 Å². The maximum atomic E-state index is 12.1. The molecule has 0 spiro atoms. The van der Waals surface area contributed by atoms with E-state index in [1.807, 2.05) is 0 Å². The lowest BCUT2D eigenvalue weighted by Crippen LogP contribution is -2.16. The van der Waals surface area contributed by atoms with E-state index in [4.69, 9.17) is 5.11 Å². The van der Waals surface area contributed by atoms with E-state index in [1.54, 1.807) is 19.1 Å². The Balaban J connectivity index is 1.81. The first-order valence-corrected chi connectivity index (χ1v) is 6.62. The number of rotatable bonds is 4. The summed E-state index contributed by atoms with van der Waals surface area (Å²) in [5, 5.41) is 18.3. The molecular weight excluding hydrogens is 272 g/mol. The topological polar surface area (TPSA) is 108 Å². The summed E-state index contributed by atoms with van der Waals surface area (Å²) in [5.74, 6) is -0.517. The number of anilines is 1. The number of benzene rings is 1. The van der Waals surface area contributed by atoms with Gasteiger partial charge in [-0.2, -0.15) is 0 Å². The van der Waals surface area contributed by atoms with Crippen LogP contribution in [-0.2, 0) is 0 Å². The molecule has 3 N–H and O–H groups in total. The van der Waals surface area contributed by atoms with E-state index in [-0.39, 0.29) is 17.1 Å². The number of amides is 1. The van der Waals surface area contributed by atoms with Crippen molar-refractivity contribution in [3.63, 3.8) is 0 Å². The predicted octanol–water partition coefficient (Wildman–Crippen LogP) is 1.94. The molecule has 0 radical (unpaired) electrons. The summed E-state index contributed by atoms with van der Waals surface area (Å²) in [6.45, 7) is 1.79. The number of carboxylic acids is 1. The second-order valence-corrected chi connectivity index (χ2v) is 5.13. The SMILES string of the molecule is Cc1ccc(NC(=O)c2n[nH]c(C3CC3)n2)c(C(=O)O)c1. The molecule has 1 aromatic carbocycles. The van der Waals surface area contributed by atoms with Gasteiger partial charge in [-0.1, -0.05) is 11.6 Å². The molecule has 2 aromatic rings. The number of carbonyl (C=O) groups is 2. The zero-order chi connectivity index (χ0) is 15.0. The molecule has 108 valence electrons. The minimum atomic E-state index is -1.09. The van der Waals surface area contributed by atoms with Crippen molar-refractivity contribution in [2.45, 2.75) is 25.7 Å². The number of aromatic amines is 1. The van der Waals surface area contributed by atoms with Crippen LogP contribution in [0.25, 0.3) is 0 Å². The number of hydrogen-bond donors (Lipinski definition) is 3. The first-order valence-electron chi connectivity index (χ1n) is 6.62. The van der Waals surface area contributed by atoms with E-state index in [1.165, 1.54) is 6.07 Å². The number of carboxylic acid groups (broad SMARTS) is 1. The lowest BCUT2D eigenvalue weighted by molar-refractivity contribution is 0.0698. The molecule has 0 bridgehead atoms. The Labute approximate surface area is 120 Å². The fraction of sp³-hybridized carbons (Fsp3) is 0.286. The Morgan fingerprint density at radius 2 is 2.14 bits per heavy atom. The number of nitrogens with zero attached hydrogens (tertiary/aromatic N) is 2. The Hall–Kier alpha value is -2.70. The van der Waals surface area contributed by atoms with Gasteiger partial charge in [0.25, 0.3) is 5.91 Å². The largest absolute Gasteiger partial charge is 0.478 e. The summed E-state index contributed by atoms with van der Waals surface area (Å²) in [4.78, 5) is 27.4. The minimum absolute atomic E-state index is 0.0220. The lowest BCUT2D eigenvalue weighted by Gasteiger charge is -2.07. The van der Waals surface area contributed by atoms with Crippen LogP contribution in [0.2, 0.25) is 0 Å². The lowest BCUT2D eigenvalue weighted by atomic mass is 10.1. The molecule has 1 aromatic heterocycles. The summed E-state index contributed by atoms with van der Waals surface area (Å²) in [7, 11) is 0. The van der Waals surface area contributed by atoms with Gasteiger partial charge in [-0.3, -0.25) is 9.89 Å². The predicted molar refractivity (Wildman–Crippen MR) is 74.4 cm³/mol. The van der Waals surface area contributed by atoms with Crippen LogP contribution in [0.3, 0.4) is 0 Å². The monoisotopic (exact) mass is 286 g/mol. The molecular formula is C14H14N4O3. The van der Waals surface area contributed by atoms with Crippen molar-refractivity contribution >= 4 is 17.6 Å².